The number of rotatable bonds is 2. The molecule has 1 N–H and O–H groups in total. The fraction of sp³-hybridized carbons (Fsp3) is 0.235. The molecule has 2 aromatic carbocycles. The first-order valence-electron chi connectivity index (χ1n) is 6.83. The average molecular weight is 249 g/mol. The Hall–Kier alpha value is -2.09. The second-order valence-electron chi connectivity index (χ2n) is 5.45. The Labute approximate surface area is 112 Å². The molecule has 2 heteroatoms. The predicted octanol–water partition coefficient (Wildman–Crippen LogP) is 3.15. The van der Waals surface area contributed by atoms with Crippen molar-refractivity contribution in [3.05, 3.63) is 59.2 Å². The van der Waals surface area contributed by atoms with Crippen LogP contribution >= 0.6 is 0 Å². The van der Waals surface area contributed by atoms with Crippen molar-refractivity contribution in [3.8, 4) is 11.1 Å². The van der Waals surface area contributed by atoms with Crippen LogP contribution in [-0.4, -0.2) is 11.9 Å². The van der Waals surface area contributed by atoms with Crippen molar-refractivity contribution in [1.29, 1.82) is 0 Å². The molecule has 0 spiro atoms. The largest absolute Gasteiger partial charge is 0.349 e. The normalized spacial score (nSPS) is 15.8. The molecule has 0 bridgehead atoms. The summed E-state index contributed by atoms with van der Waals surface area (Å²) < 4.78 is 0. The molecule has 19 heavy (non-hydrogen) atoms. The van der Waals surface area contributed by atoms with Crippen LogP contribution < -0.4 is 5.32 Å². The highest BCUT2D eigenvalue weighted by Crippen LogP contribution is 2.36. The molecule has 0 aliphatic heterocycles. The van der Waals surface area contributed by atoms with Crippen molar-refractivity contribution in [2.75, 3.05) is 0 Å². The Bertz CT molecular complexity index is 671. The summed E-state index contributed by atoms with van der Waals surface area (Å²) in [5, 5.41) is 3.05. The minimum absolute atomic E-state index is 0.0645. The molecule has 0 saturated heterocycles. The second-order valence-corrected chi connectivity index (χ2v) is 5.45. The maximum atomic E-state index is 12.1. The maximum absolute atomic E-state index is 12.1. The van der Waals surface area contributed by atoms with Gasteiger partial charge in [-0.25, -0.2) is 0 Å². The van der Waals surface area contributed by atoms with Gasteiger partial charge in [-0.2, -0.15) is 0 Å². The van der Waals surface area contributed by atoms with Crippen LogP contribution in [-0.2, 0) is 6.42 Å². The molecular formula is C17H15NO. The molecule has 4 rings (SSSR count). The van der Waals surface area contributed by atoms with E-state index in [9.17, 15) is 4.79 Å². The van der Waals surface area contributed by atoms with E-state index < -0.39 is 0 Å². The third-order valence-electron chi connectivity index (χ3n) is 3.97. The van der Waals surface area contributed by atoms with Gasteiger partial charge in [0.1, 0.15) is 0 Å². The number of amides is 1. The van der Waals surface area contributed by atoms with Gasteiger partial charge in [0.15, 0.2) is 0 Å². The zero-order chi connectivity index (χ0) is 12.8. The lowest BCUT2D eigenvalue weighted by Crippen LogP contribution is -2.25. The zero-order valence-corrected chi connectivity index (χ0v) is 10.6. The third kappa shape index (κ3) is 1.84. The van der Waals surface area contributed by atoms with Crippen molar-refractivity contribution >= 4 is 5.91 Å². The van der Waals surface area contributed by atoms with Gasteiger partial charge in [0.05, 0.1) is 0 Å². The first-order chi connectivity index (χ1) is 9.31. The van der Waals surface area contributed by atoms with E-state index in [1.165, 1.54) is 22.3 Å². The minimum Gasteiger partial charge on any atom is -0.349 e. The summed E-state index contributed by atoms with van der Waals surface area (Å²) >= 11 is 0. The van der Waals surface area contributed by atoms with E-state index in [-0.39, 0.29) is 5.91 Å². The number of benzene rings is 2. The average Bonchev–Trinajstić information content (AvgIpc) is 3.17. The highest BCUT2D eigenvalue weighted by Gasteiger charge is 2.25. The van der Waals surface area contributed by atoms with E-state index in [0.717, 1.165) is 24.8 Å². The molecular weight excluding hydrogens is 234 g/mol. The van der Waals surface area contributed by atoms with Crippen LogP contribution in [0, 0.1) is 0 Å². The van der Waals surface area contributed by atoms with Gasteiger partial charge >= 0.3 is 0 Å². The van der Waals surface area contributed by atoms with Crippen molar-refractivity contribution in [2.45, 2.75) is 25.3 Å². The standard InChI is InChI=1S/C17H15NO/c19-17(18-14-7-8-14)13-6-5-12-9-11-3-1-2-4-15(11)16(12)10-13/h1-6,10,14H,7-9H2,(H,18,19). The van der Waals surface area contributed by atoms with Crippen molar-refractivity contribution in [3.63, 3.8) is 0 Å². The van der Waals surface area contributed by atoms with Crippen molar-refractivity contribution < 1.29 is 4.79 Å². The summed E-state index contributed by atoms with van der Waals surface area (Å²) in [6.45, 7) is 0. The Morgan fingerprint density at radius 3 is 2.63 bits per heavy atom. The minimum atomic E-state index is 0.0645. The second kappa shape index (κ2) is 3.95. The van der Waals surface area contributed by atoms with E-state index in [2.05, 4.69) is 35.6 Å². The molecule has 0 atom stereocenters. The fourth-order valence-electron chi connectivity index (χ4n) is 2.76. The Morgan fingerprint density at radius 1 is 1.00 bits per heavy atom. The predicted molar refractivity (Wildman–Crippen MR) is 75.2 cm³/mol. The number of hydrogen-bond donors (Lipinski definition) is 1. The Balaban J connectivity index is 1.73. The monoisotopic (exact) mass is 249 g/mol. The number of hydrogen-bond acceptors (Lipinski definition) is 1. The molecule has 0 aromatic heterocycles. The molecule has 0 radical (unpaired) electrons. The molecule has 0 unspecified atom stereocenters. The van der Waals surface area contributed by atoms with Gasteiger partial charge in [0.2, 0.25) is 0 Å². The topological polar surface area (TPSA) is 29.1 Å². The molecule has 2 aliphatic rings. The summed E-state index contributed by atoms with van der Waals surface area (Å²) in [4.78, 5) is 12.1. The summed E-state index contributed by atoms with van der Waals surface area (Å²) in [6, 6.07) is 14.9. The van der Waals surface area contributed by atoms with Gasteiger partial charge in [-0.1, -0.05) is 30.3 Å². The smallest absolute Gasteiger partial charge is 0.251 e. The van der Waals surface area contributed by atoms with E-state index >= 15 is 0 Å². The summed E-state index contributed by atoms with van der Waals surface area (Å²) in [7, 11) is 0. The quantitative estimate of drug-likeness (QED) is 0.742. The van der Waals surface area contributed by atoms with Gasteiger partial charge < -0.3 is 5.32 Å². The van der Waals surface area contributed by atoms with Crippen LogP contribution in [0.15, 0.2) is 42.5 Å². The Kier molecular flexibility index (Phi) is 2.25. The number of carbonyl (C=O) groups excluding carboxylic acids is 1. The molecule has 2 aromatic rings. The van der Waals surface area contributed by atoms with Crippen LogP contribution in [0.2, 0.25) is 0 Å². The molecule has 94 valence electrons. The van der Waals surface area contributed by atoms with Gasteiger partial charge in [0, 0.05) is 11.6 Å². The Morgan fingerprint density at radius 2 is 1.79 bits per heavy atom. The molecule has 1 saturated carbocycles. The highest BCUT2D eigenvalue weighted by molar-refractivity contribution is 5.96. The van der Waals surface area contributed by atoms with Gasteiger partial charge in [-0.15, -0.1) is 0 Å². The summed E-state index contributed by atoms with van der Waals surface area (Å²) in [6.07, 6.45) is 3.23. The van der Waals surface area contributed by atoms with E-state index in [1.54, 1.807) is 0 Å². The van der Waals surface area contributed by atoms with E-state index in [0.29, 0.717) is 6.04 Å². The molecule has 0 heterocycles. The first-order valence-corrected chi connectivity index (χ1v) is 6.83. The summed E-state index contributed by atoms with van der Waals surface area (Å²) in [5.74, 6) is 0.0645. The molecule has 2 aliphatic carbocycles. The summed E-state index contributed by atoms with van der Waals surface area (Å²) in [5.41, 5.74) is 5.96. The van der Waals surface area contributed by atoms with Gasteiger partial charge in [-0.05, 0) is 53.6 Å². The van der Waals surface area contributed by atoms with Crippen LogP contribution in [0.5, 0.6) is 0 Å². The number of carbonyl (C=O) groups is 1. The maximum Gasteiger partial charge on any atom is 0.251 e. The van der Waals surface area contributed by atoms with E-state index in [4.69, 9.17) is 0 Å². The lowest BCUT2D eigenvalue weighted by Gasteiger charge is -2.06. The zero-order valence-electron chi connectivity index (χ0n) is 10.6. The SMILES string of the molecule is O=C(NC1CC1)c1ccc2c(c1)-c1ccccc1C2. The molecule has 2 nitrogen and oxygen atoms in total. The van der Waals surface area contributed by atoms with Crippen LogP contribution in [0.1, 0.15) is 34.3 Å². The van der Waals surface area contributed by atoms with Crippen molar-refractivity contribution in [1.82, 2.24) is 5.32 Å². The first kappa shape index (κ1) is 10.8. The number of nitrogens with one attached hydrogen (secondary N) is 1. The number of fused-ring (bicyclic) bond motifs is 3. The van der Waals surface area contributed by atoms with Crippen LogP contribution in [0.3, 0.4) is 0 Å². The third-order valence-corrected chi connectivity index (χ3v) is 3.97. The molecule has 1 amide bonds. The van der Waals surface area contributed by atoms with Crippen LogP contribution in [0.4, 0.5) is 0 Å². The van der Waals surface area contributed by atoms with E-state index in [1.807, 2.05) is 12.1 Å². The lowest BCUT2D eigenvalue weighted by atomic mass is 10.0. The van der Waals surface area contributed by atoms with Gasteiger partial charge in [-0.3, -0.25) is 4.79 Å². The van der Waals surface area contributed by atoms with Crippen molar-refractivity contribution in [2.24, 2.45) is 0 Å². The highest BCUT2D eigenvalue weighted by atomic mass is 16.1. The molecule has 1 fully saturated rings. The lowest BCUT2D eigenvalue weighted by molar-refractivity contribution is 0.0951. The fourth-order valence-corrected chi connectivity index (χ4v) is 2.76. The van der Waals surface area contributed by atoms with Crippen LogP contribution in [0.25, 0.3) is 11.1 Å². The van der Waals surface area contributed by atoms with Gasteiger partial charge in [0.25, 0.3) is 5.91 Å².